The zero-order valence-corrected chi connectivity index (χ0v) is 10.3. The maximum Gasteiger partial charge on any atom is 0.131 e. The molecule has 0 atom stereocenters. The zero-order valence-electron chi connectivity index (χ0n) is 10.3. The van der Waals surface area contributed by atoms with E-state index in [1.54, 1.807) is 6.92 Å². The SMILES string of the molecule is CC(=O)CCN1CCN(CC(C)C)CC1. The second-order valence-corrected chi connectivity index (χ2v) is 4.99. The molecule has 3 heteroatoms. The van der Waals surface area contributed by atoms with E-state index in [-0.39, 0.29) is 0 Å². The molecule has 0 amide bonds. The Kier molecular flexibility index (Phi) is 5.26. The summed E-state index contributed by atoms with van der Waals surface area (Å²) in [5.41, 5.74) is 0. The quantitative estimate of drug-likeness (QED) is 0.685. The zero-order chi connectivity index (χ0) is 11.3. The van der Waals surface area contributed by atoms with Crippen LogP contribution in [0.1, 0.15) is 27.2 Å². The van der Waals surface area contributed by atoms with E-state index in [4.69, 9.17) is 0 Å². The van der Waals surface area contributed by atoms with Gasteiger partial charge in [0.2, 0.25) is 0 Å². The third-order valence-corrected chi connectivity index (χ3v) is 2.87. The molecule has 1 heterocycles. The molecule has 0 aliphatic carbocycles. The van der Waals surface area contributed by atoms with Gasteiger partial charge in [0.1, 0.15) is 5.78 Å². The number of hydrogen-bond donors (Lipinski definition) is 0. The first-order chi connectivity index (χ1) is 7.08. The van der Waals surface area contributed by atoms with E-state index >= 15 is 0 Å². The van der Waals surface area contributed by atoms with Crippen LogP contribution in [-0.4, -0.2) is 54.9 Å². The summed E-state index contributed by atoms with van der Waals surface area (Å²) in [4.78, 5) is 15.8. The Hall–Kier alpha value is -0.410. The molecular formula is C12H24N2O. The summed E-state index contributed by atoms with van der Waals surface area (Å²) < 4.78 is 0. The molecule has 1 saturated heterocycles. The third kappa shape index (κ3) is 5.28. The second kappa shape index (κ2) is 6.23. The van der Waals surface area contributed by atoms with Gasteiger partial charge in [-0.15, -0.1) is 0 Å². The lowest BCUT2D eigenvalue weighted by molar-refractivity contribution is -0.117. The molecular weight excluding hydrogens is 188 g/mol. The molecule has 1 fully saturated rings. The molecule has 1 aliphatic heterocycles. The minimum absolute atomic E-state index is 0.305. The van der Waals surface area contributed by atoms with Crippen LogP contribution in [0.5, 0.6) is 0 Å². The number of hydrogen-bond acceptors (Lipinski definition) is 3. The van der Waals surface area contributed by atoms with Crippen molar-refractivity contribution in [1.29, 1.82) is 0 Å². The van der Waals surface area contributed by atoms with Gasteiger partial charge in [-0.1, -0.05) is 13.8 Å². The highest BCUT2D eigenvalue weighted by Gasteiger charge is 2.17. The average Bonchev–Trinajstić information content (AvgIpc) is 2.16. The predicted molar refractivity (Wildman–Crippen MR) is 63.0 cm³/mol. The fraction of sp³-hybridized carbons (Fsp3) is 0.917. The standard InChI is InChI=1S/C12H24N2O/c1-11(2)10-14-8-6-13(7-9-14)5-4-12(3)15/h11H,4-10H2,1-3H3. The molecule has 0 unspecified atom stereocenters. The summed E-state index contributed by atoms with van der Waals surface area (Å²) in [5, 5.41) is 0. The third-order valence-electron chi connectivity index (χ3n) is 2.87. The summed E-state index contributed by atoms with van der Waals surface area (Å²) in [6, 6.07) is 0. The number of piperazine rings is 1. The molecule has 0 N–H and O–H groups in total. The van der Waals surface area contributed by atoms with Crippen molar-refractivity contribution in [2.24, 2.45) is 5.92 Å². The lowest BCUT2D eigenvalue weighted by Crippen LogP contribution is -2.47. The summed E-state index contributed by atoms with van der Waals surface area (Å²) >= 11 is 0. The normalized spacial score (nSPS) is 19.7. The van der Waals surface area contributed by atoms with Gasteiger partial charge in [-0.2, -0.15) is 0 Å². The summed E-state index contributed by atoms with van der Waals surface area (Å²) in [6.45, 7) is 12.9. The largest absolute Gasteiger partial charge is 0.301 e. The Labute approximate surface area is 93.4 Å². The Balaban J connectivity index is 2.15. The van der Waals surface area contributed by atoms with Crippen LogP contribution in [0, 0.1) is 5.92 Å². The molecule has 0 radical (unpaired) electrons. The van der Waals surface area contributed by atoms with Crippen molar-refractivity contribution < 1.29 is 4.79 Å². The maximum absolute atomic E-state index is 10.9. The monoisotopic (exact) mass is 212 g/mol. The Morgan fingerprint density at radius 1 is 1.13 bits per heavy atom. The fourth-order valence-electron chi connectivity index (χ4n) is 2.03. The number of ketones is 1. The lowest BCUT2D eigenvalue weighted by atomic mass is 10.2. The van der Waals surface area contributed by atoms with Crippen LogP contribution in [0.3, 0.4) is 0 Å². The van der Waals surface area contributed by atoms with Gasteiger partial charge in [-0.25, -0.2) is 0 Å². The first-order valence-corrected chi connectivity index (χ1v) is 6.02. The number of rotatable bonds is 5. The van der Waals surface area contributed by atoms with Crippen LogP contribution >= 0.6 is 0 Å². The molecule has 1 aliphatic rings. The molecule has 15 heavy (non-hydrogen) atoms. The molecule has 0 aromatic carbocycles. The molecule has 88 valence electrons. The first kappa shape index (κ1) is 12.7. The topological polar surface area (TPSA) is 23.6 Å². The molecule has 0 aromatic heterocycles. The van der Waals surface area contributed by atoms with E-state index in [9.17, 15) is 4.79 Å². The van der Waals surface area contributed by atoms with Crippen LogP contribution in [-0.2, 0) is 4.79 Å². The van der Waals surface area contributed by atoms with Gasteiger partial charge in [-0.05, 0) is 12.8 Å². The van der Waals surface area contributed by atoms with Gasteiger partial charge in [0.25, 0.3) is 0 Å². The summed E-state index contributed by atoms with van der Waals surface area (Å²) in [6.07, 6.45) is 0.712. The van der Waals surface area contributed by atoms with Crippen molar-refractivity contribution in [3.8, 4) is 0 Å². The van der Waals surface area contributed by atoms with E-state index < -0.39 is 0 Å². The molecule has 3 nitrogen and oxygen atoms in total. The van der Waals surface area contributed by atoms with Gasteiger partial charge in [0.15, 0.2) is 0 Å². The van der Waals surface area contributed by atoms with Crippen molar-refractivity contribution >= 4 is 5.78 Å². The van der Waals surface area contributed by atoms with E-state index in [1.807, 2.05) is 0 Å². The number of nitrogens with zero attached hydrogens (tertiary/aromatic N) is 2. The Morgan fingerprint density at radius 3 is 2.13 bits per heavy atom. The minimum Gasteiger partial charge on any atom is -0.301 e. The van der Waals surface area contributed by atoms with Crippen LogP contribution < -0.4 is 0 Å². The Bertz CT molecular complexity index is 196. The molecule has 0 spiro atoms. The number of Topliss-reactive ketones (excluding diaryl/α,β-unsaturated/α-hetero) is 1. The number of carbonyl (C=O) groups is 1. The van der Waals surface area contributed by atoms with Gasteiger partial charge < -0.3 is 9.80 Å². The van der Waals surface area contributed by atoms with Gasteiger partial charge in [0.05, 0.1) is 0 Å². The number of carbonyl (C=O) groups excluding carboxylic acids is 1. The smallest absolute Gasteiger partial charge is 0.131 e. The molecule has 0 saturated carbocycles. The van der Waals surface area contributed by atoms with Crippen molar-refractivity contribution in [1.82, 2.24) is 9.80 Å². The summed E-state index contributed by atoms with van der Waals surface area (Å²) in [5.74, 6) is 1.06. The van der Waals surface area contributed by atoms with E-state index in [2.05, 4.69) is 23.6 Å². The van der Waals surface area contributed by atoms with Gasteiger partial charge in [-0.3, -0.25) is 4.79 Å². The van der Waals surface area contributed by atoms with Crippen LogP contribution in [0.4, 0.5) is 0 Å². The van der Waals surface area contributed by atoms with Gasteiger partial charge in [0, 0.05) is 45.7 Å². The van der Waals surface area contributed by atoms with Crippen molar-refractivity contribution in [3.05, 3.63) is 0 Å². The predicted octanol–water partition coefficient (Wildman–Crippen LogP) is 1.24. The van der Waals surface area contributed by atoms with Crippen LogP contribution in [0.2, 0.25) is 0 Å². The van der Waals surface area contributed by atoms with Crippen LogP contribution in [0.15, 0.2) is 0 Å². The second-order valence-electron chi connectivity index (χ2n) is 4.99. The summed E-state index contributed by atoms with van der Waals surface area (Å²) in [7, 11) is 0. The van der Waals surface area contributed by atoms with Crippen molar-refractivity contribution in [2.75, 3.05) is 39.3 Å². The average molecular weight is 212 g/mol. The highest BCUT2D eigenvalue weighted by Crippen LogP contribution is 2.05. The van der Waals surface area contributed by atoms with Crippen LogP contribution in [0.25, 0.3) is 0 Å². The first-order valence-electron chi connectivity index (χ1n) is 6.02. The highest BCUT2D eigenvalue weighted by atomic mass is 16.1. The van der Waals surface area contributed by atoms with E-state index in [0.29, 0.717) is 12.2 Å². The van der Waals surface area contributed by atoms with Gasteiger partial charge >= 0.3 is 0 Å². The maximum atomic E-state index is 10.9. The van der Waals surface area contributed by atoms with Crippen molar-refractivity contribution in [2.45, 2.75) is 27.2 Å². The molecule has 1 rings (SSSR count). The van der Waals surface area contributed by atoms with E-state index in [1.165, 1.54) is 6.54 Å². The highest BCUT2D eigenvalue weighted by molar-refractivity contribution is 5.75. The Morgan fingerprint density at radius 2 is 1.67 bits per heavy atom. The van der Waals surface area contributed by atoms with E-state index in [0.717, 1.165) is 38.6 Å². The lowest BCUT2D eigenvalue weighted by Gasteiger charge is -2.35. The van der Waals surface area contributed by atoms with Crippen molar-refractivity contribution in [3.63, 3.8) is 0 Å². The fourth-order valence-corrected chi connectivity index (χ4v) is 2.03. The minimum atomic E-state index is 0.305. The molecule has 0 aromatic rings. The molecule has 0 bridgehead atoms.